The van der Waals surface area contributed by atoms with Crippen LogP contribution in [0.4, 0.5) is 4.39 Å². The number of aromatic hydroxyl groups is 1. The van der Waals surface area contributed by atoms with Crippen molar-refractivity contribution in [3.05, 3.63) is 86.6 Å². The molecule has 0 spiro atoms. The number of ether oxygens (including phenoxy) is 1. The van der Waals surface area contributed by atoms with E-state index >= 15 is 9.18 Å². The summed E-state index contributed by atoms with van der Waals surface area (Å²) in [6.07, 6.45) is 4.39. The summed E-state index contributed by atoms with van der Waals surface area (Å²) >= 11 is 0. The van der Waals surface area contributed by atoms with Gasteiger partial charge in [0.2, 0.25) is 11.7 Å². The van der Waals surface area contributed by atoms with Crippen molar-refractivity contribution < 1.29 is 42.7 Å². The fourth-order valence-corrected chi connectivity index (χ4v) is 11.0. The van der Waals surface area contributed by atoms with Crippen LogP contribution in [0.3, 0.4) is 0 Å². The molecule has 2 aromatic carbocycles. The maximum Gasteiger partial charge on any atom is 0.265 e. The number of nitrogens with one attached hydrogen (secondary N) is 1. The van der Waals surface area contributed by atoms with E-state index in [4.69, 9.17) is 13.7 Å². The molecule has 0 unspecified atom stereocenters. The van der Waals surface area contributed by atoms with Crippen LogP contribution < -0.4 is 10.1 Å². The Bertz CT molecular complexity index is 2170. The van der Waals surface area contributed by atoms with Crippen LogP contribution in [-0.4, -0.2) is 83.2 Å². The molecule has 12 nitrogen and oxygen atoms in total. The molecule has 1 amide bonds. The zero-order valence-electron chi connectivity index (χ0n) is 33.8. The Morgan fingerprint density at radius 3 is 2.42 bits per heavy atom. The smallest absolute Gasteiger partial charge is 0.265 e. The van der Waals surface area contributed by atoms with E-state index in [1.165, 1.54) is 4.90 Å². The van der Waals surface area contributed by atoms with Crippen molar-refractivity contribution in [3.63, 3.8) is 0 Å². The summed E-state index contributed by atoms with van der Waals surface area (Å²) in [7, 11) is 0.719. The van der Waals surface area contributed by atoms with Crippen molar-refractivity contribution in [2.75, 3.05) is 20.6 Å². The molecule has 3 N–H and O–H groups in total. The molecule has 304 valence electrons. The number of hydrogen-bond donors (Lipinski definition) is 3. The number of allylic oxidation sites excluding steroid dienone is 1. The molecule has 2 heterocycles. The quantitative estimate of drug-likeness (QED) is 0.193. The molecule has 57 heavy (non-hydrogen) atoms. The van der Waals surface area contributed by atoms with Crippen molar-refractivity contribution in [2.45, 2.75) is 115 Å². The third-order valence-electron chi connectivity index (χ3n) is 13.6. The Balaban J connectivity index is 1.23. The molecule has 8 rings (SSSR count). The maximum absolute atomic E-state index is 16.7. The number of carbonyl (C=O) groups excluding carboxylic acids is 3. The van der Waals surface area contributed by atoms with E-state index in [0.717, 1.165) is 31.2 Å². The zero-order valence-corrected chi connectivity index (χ0v) is 34.8. The number of phenolic OH excluding ortho intramolecular Hbond substituents is 1. The summed E-state index contributed by atoms with van der Waals surface area (Å²) in [4.78, 5) is 47.0. The highest BCUT2D eigenvalue weighted by molar-refractivity contribution is 6.74. The predicted octanol–water partition coefficient (Wildman–Crippen LogP) is 6.92. The highest BCUT2D eigenvalue weighted by Crippen LogP contribution is 2.60. The van der Waals surface area contributed by atoms with E-state index < -0.39 is 65.7 Å². The second-order valence-corrected chi connectivity index (χ2v) is 23.0. The zero-order chi connectivity index (χ0) is 40.8. The molecule has 0 radical (unpaired) electrons. The molecule has 0 bridgehead atoms. The van der Waals surface area contributed by atoms with Gasteiger partial charge in [0.25, 0.3) is 5.88 Å². The largest absolute Gasteiger partial charge is 0.508 e. The van der Waals surface area contributed by atoms with E-state index in [-0.39, 0.29) is 96.1 Å². The fourth-order valence-electron chi connectivity index (χ4n) is 9.58. The second-order valence-electron chi connectivity index (χ2n) is 18.3. The van der Waals surface area contributed by atoms with E-state index in [0.29, 0.717) is 0 Å². The number of aliphatic hydroxyl groups excluding tert-OH is 1. The number of phenols is 1. The molecular weight excluding hydrogens is 748 g/mol. The van der Waals surface area contributed by atoms with Crippen LogP contribution in [0.15, 0.2) is 46.2 Å². The van der Waals surface area contributed by atoms with Crippen LogP contribution in [0.5, 0.6) is 11.6 Å². The van der Waals surface area contributed by atoms with Crippen molar-refractivity contribution >= 4 is 25.8 Å². The number of halogens is 1. The van der Waals surface area contributed by atoms with Crippen LogP contribution in [0.1, 0.15) is 108 Å². The number of amides is 1. The van der Waals surface area contributed by atoms with Crippen molar-refractivity contribution in [2.24, 2.45) is 11.8 Å². The van der Waals surface area contributed by atoms with Crippen LogP contribution in [0.2, 0.25) is 18.1 Å². The van der Waals surface area contributed by atoms with Crippen LogP contribution >= 0.6 is 0 Å². The molecule has 4 aliphatic carbocycles. The molecule has 1 aliphatic heterocycles. The number of aromatic nitrogens is 1. The van der Waals surface area contributed by atoms with E-state index in [1.54, 1.807) is 0 Å². The number of aliphatic hydroxyl groups is 1. The van der Waals surface area contributed by atoms with Gasteiger partial charge in [0.15, 0.2) is 25.5 Å². The second kappa shape index (κ2) is 14.2. The molecule has 3 aromatic rings. The molecule has 14 heteroatoms. The van der Waals surface area contributed by atoms with Crippen LogP contribution in [0.25, 0.3) is 0 Å². The van der Waals surface area contributed by atoms with Crippen molar-refractivity contribution in [3.8, 4) is 11.6 Å². The van der Waals surface area contributed by atoms with Gasteiger partial charge in [-0.3, -0.25) is 19.3 Å². The minimum atomic E-state index is -2.95. The lowest BCUT2D eigenvalue weighted by molar-refractivity contribution is -0.131. The Kier molecular flexibility index (Phi) is 9.81. The molecule has 5 aliphatic rings. The highest BCUT2D eigenvalue weighted by Gasteiger charge is 2.67. The number of fused-ring (bicyclic) bond motifs is 5. The first kappa shape index (κ1) is 39.5. The predicted molar refractivity (Wildman–Crippen MR) is 211 cm³/mol. The molecule has 4 atom stereocenters. The van der Waals surface area contributed by atoms with E-state index in [9.17, 15) is 19.8 Å². The topological polar surface area (TPSA) is 155 Å². The van der Waals surface area contributed by atoms with Gasteiger partial charge in [0.05, 0.1) is 24.7 Å². The number of rotatable bonds is 9. The summed E-state index contributed by atoms with van der Waals surface area (Å²) in [6, 6.07) is 9.02. The highest BCUT2D eigenvalue weighted by atomic mass is 28.4. The first-order valence-corrected chi connectivity index (χ1v) is 23.0. The summed E-state index contributed by atoms with van der Waals surface area (Å²) < 4.78 is 36.0. The number of carbonyl (C=O) groups is 3. The lowest BCUT2D eigenvalue weighted by Gasteiger charge is -2.55. The van der Waals surface area contributed by atoms with E-state index in [2.05, 4.69) is 10.5 Å². The van der Waals surface area contributed by atoms with Gasteiger partial charge in [0.1, 0.15) is 29.5 Å². The number of hydrogen-bond acceptors (Lipinski definition) is 11. The lowest BCUT2D eigenvalue weighted by atomic mass is 9.58. The van der Waals surface area contributed by atoms with Gasteiger partial charge in [-0.05, 0) is 74.5 Å². The van der Waals surface area contributed by atoms with Gasteiger partial charge < -0.3 is 34.1 Å². The monoisotopic (exact) mass is 800 g/mol. The third kappa shape index (κ3) is 6.25. The van der Waals surface area contributed by atoms with E-state index in [1.807, 2.05) is 83.2 Å². The summed E-state index contributed by atoms with van der Waals surface area (Å²) in [5.74, 6) is -4.44. The SMILES string of the molecule is CN(C)[C@@H]1c2onc(OCc3ccccc3)c2C(=O)[C@@]2(O[Si](C)(C)C(C)(C)C)C(O)=C3C(=O)c4c(O)c5c(c(F)c4C[C@H]3C[C@@H]12)CN(C(=O)CNC1CCCC1)C5. The first-order chi connectivity index (χ1) is 27.0. The van der Waals surface area contributed by atoms with Crippen LogP contribution in [0, 0.1) is 17.7 Å². The summed E-state index contributed by atoms with van der Waals surface area (Å²) in [5, 5.41) is 31.7. The number of benzene rings is 2. The van der Waals surface area contributed by atoms with Crippen molar-refractivity contribution in [1.29, 1.82) is 0 Å². The Hall–Kier alpha value is -4.37. The normalized spacial score (nSPS) is 24.7. The summed E-state index contributed by atoms with van der Waals surface area (Å²) in [6.45, 7) is 10.2. The lowest BCUT2D eigenvalue weighted by Crippen LogP contribution is -2.65. The van der Waals surface area contributed by atoms with Gasteiger partial charge in [-0.2, -0.15) is 0 Å². The molecule has 1 aromatic heterocycles. The molecule has 0 saturated heterocycles. The van der Waals surface area contributed by atoms with Gasteiger partial charge >= 0.3 is 0 Å². The minimum Gasteiger partial charge on any atom is -0.508 e. The maximum atomic E-state index is 16.7. The minimum absolute atomic E-state index is 0.0139. The van der Waals surface area contributed by atoms with Crippen molar-refractivity contribution in [1.82, 2.24) is 20.3 Å². The number of ketones is 2. The van der Waals surface area contributed by atoms with Gasteiger partial charge in [-0.15, -0.1) is 0 Å². The fraction of sp³-hybridized carbons (Fsp3) is 0.535. The van der Waals surface area contributed by atoms with Crippen LogP contribution in [-0.2, 0) is 35.3 Å². The Morgan fingerprint density at radius 2 is 1.75 bits per heavy atom. The third-order valence-corrected chi connectivity index (χ3v) is 18.0. The number of Topliss-reactive ketones (excluding diaryl/α,β-unsaturated/α-hetero) is 2. The van der Waals surface area contributed by atoms with Gasteiger partial charge in [-0.25, -0.2) is 4.39 Å². The average Bonchev–Trinajstić information content (AvgIpc) is 3.94. The van der Waals surface area contributed by atoms with Gasteiger partial charge in [0, 0.05) is 40.8 Å². The Labute approximate surface area is 333 Å². The standard InChI is InChI=1S/C43H53FN4O8Si/c1-42(2,3)57(6,7)56-43-29(35(47(4)5)38-33(40(43)53)41(46-55-38)54-22-23-13-9-8-10-14-23)18-24-17-26-32(37(51)31(24)39(43)52)36(50)28-21-48(20-27(28)34(26)44)30(49)19-45-25-15-11-12-16-25/h8-10,13-14,24-25,29,35,45,50,52H,11-12,15-22H2,1-7H3/t24-,29-,35-,43-/m0/s1. The van der Waals surface area contributed by atoms with Gasteiger partial charge in [-0.1, -0.05) is 63.9 Å². The average molecular weight is 801 g/mol. The number of nitrogens with zero attached hydrogens (tertiary/aromatic N) is 3. The first-order valence-electron chi connectivity index (χ1n) is 20.1. The molecule has 1 saturated carbocycles. The molecule has 1 fully saturated rings. The summed E-state index contributed by atoms with van der Waals surface area (Å²) in [5.41, 5.74) is -1.06. The molecular formula is C43H53FN4O8Si. The Morgan fingerprint density at radius 1 is 1.07 bits per heavy atom.